The number of benzene rings is 4. The summed E-state index contributed by atoms with van der Waals surface area (Å²) in [5.41, 5.74) is 2.99. The Hall–Kier alpha value is -7.43. The minimum absolute atomic E-state index is 0.344. The molecular weight excluding hydrogens is 932 g/mol. The van der Waals surface area contributed by atoms with Gasteiger partial charge in [0.25, 0.3) is 0 Å². The minimum Gasteiger partial charge on any atom is -0.497 e. The highest BCUT2D eigenvalue weighted by molar-refractivity contribution is 6.30. The van der Waals surface area contributed by atoms with Gasteiger partial charge in [-0.15, -0.1) is 0 Å². The van der Waals surface area contributed by atoms with Crippen molar-refractivity contribution in [3.63, 3.8) is 0 Å². The number of halogens is 1. The molecule has 22 heteroatoms. The third-order valence-corrected chi connectivity index (χ3v) is 12.4. The predicted molar refractivity (Wildman–Crippen MR) is 270 cm³/mol. The number of rotatable bonds is 11. The predicted octanol–water partition coefficient (Wildman–Crippen LogP) is 6.09. The topological polar surface area (TPSA) is 201 Å². The summed E-state index contributed by atoms with van der Waals surface area (Å²) in [6.07, 6.45) is 0. The van der Waals surface area contributed by atoms with Crippen LogP contribution >= 0.6 is 11.6 Å². The molecule has 4 saturated heterocycles. The Morgan fingerprint density at radius 1 is 0.465 bits per heavy atom. The second-order valence-corrected chi connectivity index (χ2v) is 17.2. The van der Waals surface area contributed by atoms with E-state index in [1.165, 1.54) is 10.0 Å². The summed E-state index contributed by atoms with van der Waals surface area (Å²) in [4.78, 5) is 67.5. The number of hydrogen-bond donors (Lipinski definition) is 2. The number of carbonyl (C=O) groups excluding carboxylic acids is 2. The van der Waals surface area contributed by atoms with E-state index in [1.54, 1.807) is 79.9 Å². The number of anilines is 8. The molecule has 0 aliphatic carbocycles. The van der Waals surface area contributed by atoms with E-state index >= 15 is 0 Å². The zero-order valence-electron chi connectivity index (χ0n) is 39.2. The quantitative estimate of drug-likeness (QED) is 0.141. The molecule has 0 spiro atoms. The molecule has 4 aliphatic heterocycles. The summed E-state index contributed by atoms with van der Waals surface area (Å²) in [6, 6.07) is 26.6. The Morgan fingerprint density at radius 3 is 1.11 bits per heavy atom. The fourth-order valence-corrected chi connectivity index (χ4v) is 8.42. The molecule has 368 valence electrons. The third kappa shape index (κ3) is 11.3. The van der Waals surface area contributed by atoms with Gasteiger partial charge < -0.3 is 53.9 Å². The van der Waals surface area contributed by atoms with Gasteiger partial charge in [-0.05, 0) is 97.1 Å². The molecule has 6 heterocycles. The fourth-order valence-electron chi connectivity index (χ4n) is 8.30. The van der Waals surface area contributed by atoms with Crippen LogP contribution in [0.1, 0.15) is 0 Å². The van der Waals surface area contributed by atoms with Crippen molar-refractivity contribution in [2.75, 3.05) is 153 Å². The summed E-state index contributed by atoms with van der Waals surface area (Å²) in [5, 5.41) is 8.95. The lowest BCUT2D eigenvalue weighted by molar-refractivity contribution is 0.121. The standard InChI is InChI=1S/C49H53ClN14O7/c1-67-41-16-10-38(11-17-41)52-49(66)63(39-12-4-35(5-13-39)43-55-46(61-22-30-70-31-23-61)58-47(56-43)62-24-32-71-33-25-62)64(40-14-6-36(50)7-15-40)48(65)51-37-8-2-34(3-9-37)42-53-44(59-18-26-68-27-19-59)57-45(54-42)60-20-28-69-29-21-60/h2-17H,18-33H2,1H3,(H,51,65)(H,52,66). The highest BCUT2D eigenvalue weighted by atomic mass is 35.5. The summed E-state index contributed by atoms with van der Waals surface area (Å²) in [7, 11) is 1.57. The molecule has 0 atom stereocenters. The number of aromatic nitrogens is 6. The van der Waals surface area contributed by atoms with E-state index in [1.807, 2.05) is 24.3 Å². The van der Waals surface area contributed by atoms with E-state index in [0.29, 0.717) is 180 Å². The molecule has 0 unspecified atom stereocenters. The van der Waals surface area contributed by atoms with Crippen LogP contribution in [0.5, 0.6) is 5.75 Å². The molecule has 71 heavy (non-hydrogen) atoms. The first kappa shape index (κ1) is 47.3. The number of urea groups is 2. The van der Waals surface area contributed by atoms with E-state index in [4.69, 9.17) is 65.2 Å². The number of nitrogens with zero attached hydrogens (tertiary/aromatic N) is 12. The Kier molecular flexibility index (Phi) is 14.7. The number of ether oxygens (including phenoxy) is 5. The van der Waals surface area contributed by atoms with E-state index in [0.717, 1.165) is 5.56 Å². The van der Waals surface area contributed by atoms with Crippen LogP contribution in [0.4, 0.5) is 56.1 Å². The van der Waals surface area contributed by atoms with Crippen molar-refractivity contribution in [2.45, 2.75) is 0 Å². The number of hydrogen-bond acceptors (Lipinski definition) is 17. The summed E-state index contributed by atoms with van der Waals surface area (Å²) in [5.74, 6) is 3.78. The van der Waals surface area contributed by atoms with Crippen molar-refractivity contribution in [1.82, 2.24) is 29.9 Å². The van der Waals surface area contributed by atoms with Gasteiger partial charge in [-0.2, -0.15) is 39.9 Å². The highest BCUT2D eigenvalue weighted by Crippen LogP contribution is 2.31. The number of amides is 4. The molecule has 2 aromatic heterocycles. The monoisotopic (exact) mass is 984 g/mol. The van der Waals surface area contributed by atoms with Gasteiger partial charge in [0, 0.05) is 79.9 Å². The van der Waals surface area contributed by atoms with Gasteiger partial charge in [-0.1, -0.05) is 11.6 Å². The fraction of sp³-hybridized carbons (Fsp3) is 0.347. The smallest absolute Gasteiger partial charge is 0.345 e. The first-order valence-electron chi connectivity index (χ1n) is 23.5. The van der Waals surface area contributed by atoms with Crippen LogP contribution in [-0.2, 0) is 18.9 Å². The molecule has 0 radical (unpaired) electrons. The van der Waals surface area contributed by atoms with Gasteiger partial charge in [0.1, 0.15) is 5.75 Å². The molecule has 2 N–H and O–H groups in total. The number of morpholine rings is 4. The van der Waals surface area contributed by atoms with Crippen molar-refractivity contribution in [1.29, 1.82) is 0 Å². The molecule has 10 rings (SSSR count). The maximum Gasteiger partial charge on any atom is 0.345 e. The van der Waals surface area contributed by atoms with E-state index < -0.39 is 12.1 Å². The maximum atomic E-state index is 14.9. The van der Waals surface area contributed by atoms with Crippen molar-refractivity contribution in [2.24, 2.45) is 0 Å². The Bertz CT molecular complexity index is 2680. The van der Waals surface area contributed by atoms with Crippen LogP contribution in [0.15, 0.2) is 97.1 Å². The Morgan fingerprint density at radius 2 is 0.775 bits per heavy atom. The van der Waals surface area contributed by atoms with Crippen LogP contribution in [0.2, 0.25) is 5.02 Å². The molecule has 4 aliphatic rings. The average molecular weight is 986 g/mol. The molecule has 4 amide bonds. The van der Waals surface area contributed by atoms with Crippen LogP contribution in [-0.4, -0.2) is 154 Å². The van der Waals surface area contributed by atoms with Gasteiger partial charge in [0.15, 0.2) is 11.6 Å². The maximum absolute atomic E-state index is 14.9. The second kappa shape index (κ2) is 22.1. The summed E-state index contributed by atoms with van der Waals surface area (Å²) in [6.45, 7) is 9.76. The van der Waals surface area contributed by atoms with Crippen LogP contribution < -0.4 is 45.0 Å². The van der Waals surface area contributed by atoms with Gasteiger partial charge in [0.05, 0.1) is 71.3 Å². The minimum atomic E-state index is -0.652. The highest BCUT2D eigenvalue weighted by Gasteiger charge is 2.31. The van der Waals surface area contributed by atoms with Gasteiger partial charge in [-0.25, -0.2) is 9.59 Å². The molecule has 4 fully saturated rings. The SMILES string of the molecule is COc1ccc(NC(=O)N(c2ccc(-c3nc(N4CCOCC4)nc(N4CCOCC4)n3)cc2)N(C(=O)Nc2ccc(-c3nc(N4CCOCC4)nc(N4CCOCC4)n3)cc2)c2ccc(Cl)cc2)cc1. The van der Waals surface area contributed by atoms with E-state index in [-0.39, 0.29) is 0 Å². The lowest BCUT2D eigenvalue weighted by atomic mass is 10.2. The lowest BCUT2D eigenvalue weighted by Crippen LogP contribution is -2.53. The number of nitrogens with one attached hydrogen (secondary N) is 2. The van der Waals surface area contributed by atoms with Crippen LogP contribution in [0, 0.1) is 0 Å². The largest absolute Gasteiger partial charge is 0.497 e. The second-order valence-electron chi connectivity index (χ2n) is 16.7. The molecule has 4 aromatic carbocycles. The van der Waals surface area contributed by atoms with Crippen molar-refractivity contribution in [3.8, 4) is 28.5 Å². The van der Waals surface area contributed by atoms with Crippen molar-refractivity contribution < 1.29 is 33.3 Å². The van der Waals surface area contributed by atoms with E-state index in [2.05, 4.69) is 30.2 Å². The Balaban J connectivity index is 0.981. The molecule has 6 aromatic rings. The van der Waals surface area contributed by atoms with Gasteiger partial charge in [-0.3, -0.25) is 0 Å². The van der Waals surface area contributed by atoms with Crippen LogP contribution in [0.25, 0.3) is 22.8 Å². The van der Waals surface area contributed by atoms with Crippen molar-refractivity contribution in [3.05, 3.63) is 102 Å². The summed E-state index contributed by atoms with van der Waals surface area (Å²) < 4.78 is 27.8. The Labute approximate surface area is 415 Å². The van der Waals surface area contributed by atoms with E-state index in [9.17, 15) is 9.59 Å². The number of carbonyl (C=O) groups is 2. The summed E-state index contributed by atoms with van der Waals surface area (Å²) >= 11 is 6.40. The number of hydrazine groups is 1. The molecular formula is C49H53ClN14O7. The lowest BCUT2D eigenvalue weighted by Gasteiger charge is -2.35. The third-order valence-electron chi connectivity index (χ3n) is 12.2. The zero-order chi connectivity index (χ0) is 48.5. The van der Waals surface area contributed by atoms with Gasteiger partial charge >= 0.3 is 12.1 Å². The normalized spacial score (nSPS) is 16.3. The average Bonchev–Trinajstić information content (AvgIpc) is 3.44. The first-order valence-corrected chi connectivity index (χ1v) is 23.9. The zero-order valence-corrected chi connectivity index (χ0v) is 39.9. The number of methoxy groups -OCH3 is 1. The molecule has 0 saturated carbocycles. The van der Waals surface area contributed by atoms with Crippen LogP contribution in [0.3, 0.4) is 0 Å². The van der Waals surface area contributed by atoms with Gasteiger partial charge in [0.2, 0.25) is 23.8 Å². The first-order chi connectivity index (χ1) is 34.8. The molecule has 0 bridgehead atoms. The van der Waals surface area contributed by atoms with Crippen molar-refractivity contribution >= 4 is 70.2 Å². The molecule has 21 nitrogen and oxygen atoms in total.